The number of nitrogens with zero attached hydrogens (tertiary/aromatic N) is 3. The maximum atomic E-state index is 14.1. The van der Waals surface area contributed by atoms with E-state index in [-0.39, 0.29) is 23.5 Å². The number of aromatic nitrogens is 2. The Morgan fingerprint density at radius 2 is 1.12 bits per heavy atom. The van der Waals surface area contributed by atoms with Gasteiger partial charge in [0.2, 0.25) is 9.14 Å². The molecule has 0 radical (unpaired) electrons. The van der Waals surface area contributed by atoms with Crippen LogP contribution in [0.25, 0.3) is 0 Å². The molecule has 1 amide bonds. The summed E-state index contributed by atoms with van der Waals surface area (Å²) >= 11 is 0.104. The average Bonchev–Trinajstić information content (AvgIpc) is 3.27. The molecule has 1 aromatic heterocycles. The van der Waals surface area contributed by atoms with Crippen LogP contribution in [0.4, 0.5) is 80.3 Å². The Hall–Kier alpha value is -3.28. The lowest BCUT2D eigenvalue weighted by molar-refractivity contribution is -0.459. The minimum absolute atomic E-state index is 0.104. The highest BCUT2D eigenvalue weighted by Gasteiger charge is 2.95. The number of aryl methyl sites for hydroxylation is 1. The van der Waals surface area contributed by atoms with Gasteiger partial charge in [-0.15, -0.1) is 9.50 Å². The summed E-state index contributed by atoms with van der Waals surface area (Å²) in [6.07, 6.45) is -7.92. The number of halogens is 17. The second-order valence-electron chi connectivity index (χ2n) is 8.88. The Labute approximate surface area is 257 Å². The molecule has 3 N–H and O–H groups in total. The van der Waals surface area contributed by atoms with Gasteiger partial charge in [-0.05, 0) is 24.3 Å². The number of rotatable bonds is 11. The highest BCUT2D eigenvalue weighted by atomic mass is 32.2. The summed E-state index contributed by atoms with van der Waals surface area (Å²) in [4.78, 5) is 10.1. The van der Waals surface area contributed by atoms with E-state index in [4.69, 9.17) is 5.14 Å². The number of anilines is 1. The van der Waals surface area contributed by atoms with E-state index in [9.17, 15) is 96.3 Å². The zero-order valence-corrected chi connectivity index (χ0v) is 24.4. The summed E-state index contributed by atoms with van der Waals surface area (Å²) in [5.41, 5.74) is -1.30. The molecule has 0 aliphatic rings. The fraction of sp³-hybridized carbons (Fsp3) is 0.500. The number of nitrogens with two attached hydrogens (primary N) is 1. The zero-order chi connectivity index (χ0) is 38.1. The van der Waals surface area contributed by atoms with Crippen molar-refractivity contribution in [1.29, 1.82) is 0 Å². The maximum absolute atomic E-state index is 14.1. The number of benzene rings is 1. The van der Waals surface area contributed by atoms with Gasteiger partial charge in [-0.3, -0.25) is 4.79 Å². The van der Waals surface area contributed by atoms with E-state index in [1.54, 1.807) is 0 Å². The number of carbonyl (C=O) groups is 1. The molecule has 274 valence electrons. The number of alkyl halides is 17. The van der Waals surface area contributed by atoms with Crippen LogP contribution in [-0.4, -0.2) is 80.2 Å². The molecule has 1 aromatic carbocycles. The Morgan fingerprint density at radius 3 is 1.50 bits per heavy atom. The van der Waals surface area contributed by atoms with Crippen molar-refractivity contribution < 1.29 is 96.3 Å². The van der Waals surface area contributed by atoms with Crippen molar-refractivity contribution in [3.63, 3.8) is 0 Å². The first-order chi connectivity index (χ1) is 20.9. The van der Waals surface area contributed by atoms with E-state index in [2.05, 4.69) is 9.50 Å². The third kappa shape index (κ3) is 6.29. The van der Waals surface area contributed by atoms with Crippen molar-refractivity contribution in [1.82, 2.24) is 9.78 Å². The molecule has 2 aromatic rings. The Morgan fingerprint density at radius 1 is 0.729 bits per heavy atom. The van der Waals surface area contributed by atoms with Gasteiger partial charge in [-0.25, -0.2) is 18.2 Å². The van der Waals surface area contributed by atoms with Gasteiger partial charge < -0.3 is 5.32 Å². The van der Waals surface area contributed by atoms with Crippen molar-refractivity contribution in [3.8, 4) is 0 Å². The van der Waals surface area contributed by atoms with Crippen LogP contribution < -0.4 is 15.3 Å². The summed E-state index contributed by atoms with van der Waals surface area (Å²) in [7, 11) is -8.40. The molecule has 30 heteroatoms. The monoisotopic (exact) mass is 795 g/mol. The van der Waals surface area contributed by atoms with Crippen molar-refractivity contribution in [3.05, 3.63) is 29.1 Å². The second kappa shape index (κ2) is 11.7. The molecule has 0 atom stereocenters. The molecular formula is C18H10F17N5O5S3. The molecule has 10 nitrogen and oxygen atoms in total. The van der Waals surface area contributed by atoms with Gasteiger partial charge in [0.05, 0.1) is 4.90 Å². The molecule has 0 saturated heterocycles. The van der Waals surface area contributed by atoms with E-state index in [0.717, 1.165) is 7.05 Å². The summed E-state index contributed by atoms with van der Waals surface area (Å²) < 4.78 is 278. The number of hydrogen-bond acceptors (Lipinski definition) is 7. The minimum atomic E-state index is -8.88. The van der Waals surface area contributed by atoms with Crippen LogP contribution >= 0.6 is 11.3 Å². The van der Waals surface area contributed by atoms with Gasteiger partial charge in [0, 0.05) is 12.7 Å². The third-order valence-corrected chi connectivity index (χ3v) is 9.25. The van der Waals surface area contributed by atoms with Crippen LogP contribution in [0, 0.1) is 0 Å². The first-order valence-electron chi connectivity index (χ1n) is 11.0. The number of carbonyl (C=O) groups excluding carboxylic acids is 1. The first kappa shape index (κ1) is 40.9. The highest BCUT2D eigenvalue weighted by molar-refractivity contribution is 7.91. The lowest BCUT2D eigenvalue weighted by atomic mass is 9.89. The van der Waals surface area contributed by atoms with Gasteiger partial charge in [0.1, 0.15) is 0 Å². The van der Waals surface area contributed by atoms with Crippen molar-refractivity contribution in [2.45, 2.75) is 56.9 Å². The molecule has 0 aliphatic carbocycles. The largest absolute Gasteiger partial charge is 0.460 e. The van der Waals surface area contributed by atoms with Crippen molar-refractivity contribution in [2.75, 3.05) is 5.32 Å². The molecule has 0 bridgehead atoms. The van der Waals surface area contributed by atoms with Crippen molar-refractivity contribution >= 4 is 43.0 Å². The molecule has 0 fully saturated rings. The minimum Gasteiger partial charge on any atom is -0.321 e. The zero-order valence-electron chi connectivity index (χ0n) is 21.9. The van der Waals surface area contributed by atoms with E-state index in [1.165, 1.54) is 0 Å². The molecular weight excluding hydrogens is 785 g/mol. The molecule has 0 spiro atoms. The predicted molar refractivity (Wildman–Crippen MR) is 121 cm³/mol. The van der Waals surface area contributed by atoms with Gasteiger partial charge in [-0.1, -0.05) is 11.3 Å². The standard InChI is InChI=1S/C18H10F17N5O5S3/c1-40-9(46-10(38-40)47(36,42)43)39-48(44,45)7-4-2-6(3-5-7)37-8(41)11(19,20)12(21,22)13(23,24)14(25,26)15(27,28)16(29,30)17(31,32)18(33,34)35/h2-5H,1H3,(H,37,41)(H2,36,42,43)/b39-9+. The molecule has 48 heavy (non-hydrogen) atoms. The smallest absolute Gasteiger partial charge is 0.321 e. The summed E-state index contributed by atoms with van der Waals surface area (Å²) in [6.45, 7) is 0. The van der Waals surface area contributed by atoms with Crippen LogP contribution in [0.5, 0.6) is 0 Å². The first-order valence-corrected chi connectivity index (χ1v) is 14.8. The topological polar surface area (TPSA) is 154 Å². The number of hydrogen-bond donors (Lipinski definition) is 2. The predicted octanol–water partition coefficient (Wildman–Crippen LogP) is 4.37. The molecule has 0 unspecified atom stereocenters. The SMILES string of the molecule is Cn1nc(S(N)(=O)=O)s/c1=N/S(=O)(=O)c1ccc(NC(=O)C(F)(F)C(F)(F)C(F)(F)C(F)(F)C(F)(F)C(F)(F)C(F)(F)C(F)(F)F)cc1. The normalized spacial score (nSPS) is 15.5. The van der Waals surface area contributed by atoms with Gasteiger partial charge >= 0.3 is 53.5 Å². The molecule has 0 aliphatic heterocycles. The third-order valence-electron chi connectivity index (χ3n) is 5.55. The Balaban J connectivity index is 2.46. The van der Waals surface area contributed by atoms with Crippen LogP contribution in [-0.2, 0) is 31.9 Å². The lowest BCUT2D eigenvalue weighted by Gasteiger charge is -2.42. The quantitative estimate of drug-likeness (QED) is 0.323. The number of sulfonamides is 2. The Bertz CT molecular complexity index is 1850. The van der Waals surface area contributed by atoms with Crippen molar-refractivity contribution in [2.24, 2.45) is 16.6 Å². The average molecular weight is 795 g/mol. The fourth-order valence-electron chi connectivity index (χ4n) is 2.90. The summed E-state index contributed by atoms with van der Waals surface area (Å²) in [5, 5.41) is 8.78. The number of amides is 1. The molecule has 0 saturated carbocycles. The fourth-order valence-corrected chi connectivity index (χ4v) is 5.67. The number of primary sulfonamides is 1. The van der Waals surface area contributed by atoms with E-state index in [0.29, 0.717) is 22.1 Å². The van der Waals surface area contributed by atoms with E-state index >= 15 is 0 Å². The maximum Gasteiger partial charge on any atom is 0.460 e. The molecule has 2 rings (SSSR count). The van der Waals surface area contributed by atoms with Crippen LogP contribution in [0.2, 0.25) is 0 Å². The highest BCUT2D eigenvalue weighted by Crippen LogP contribution is 2.64. The van der Waals surface area contributed by atoms with Crippen LogP contribution in [0.15, 0.2) is 37.9 Å². The second-order valence-corrected chi connectivity index (χ2v) is 13.2. The lowest BCUT2D eigenvalue weighted by Crippen LogP contribution is -2.75. The summed E-state index contributed by atoms with van der Waals surface area (Å²) in [5.74, 6) is -63.0. The molecule has 1 heterocycles. The van der Waals surface area contributed by atoms with Crippen LogP contribution in [0.3, 0.4) is 0 Å². The van der Waals surface area contributed by atoms with E-state index in [1.807, 2.05) is 0 Å². The Kier molecular flexibility index (Phi) is 9.93. The number of nitrogens with one attached hydrogen (secondary N) is 1. The van der Waals surface area contributed by atoms with Crippen LogP contribution in [0.1, 0.15) is 0 Å². The van der Waals surface area contributed by atoms with Gasteiger partial charge in [0.15, 0.2) is 0 Å². The van der Waals surface area contributed by atoms with E-state index < -0.39 is 93.3 Å². The van der Waals surface area contributed by atoms with Gasteiger partial charge in [0.25, 0.3) is 20.0 Å². The van der Waals surface area contributed by atoms with Gasteiger partial charge in [-0.2, -0.15) is 83.1 Å². The summed E-state index contributed by atoms with van der Waals surface area (Å²) in [6, 6.07) is 0.992.